The van der Waals surface area contributed by atoms with E-state index in [9.17, 15) is 4.79 Å². The van der Waals surface area contributed by atoms with E-state index >= 15 is 0 Å². The van der Waals surface area contributed by atoms with Crippen molar-refractivity contribution in [3.05, 3.63) is 29.8 Å². The van der Waals surface area contributed by atoms with E-state index in [0.717, 1.165) is 18.4 Å². The molecule has 6 heteroatoms. The van der Waals surface area contributed by atoms with Gasteiger partial charge in [0.2, 0.25) is 5.91 Å². The first-order chi connectivity index (χ1) is 10.1. The van der Waals surface area contributed by atoms with E-state index in [4.69, 9.17) is 23.1 Å². The van der Waals surface area contributed by atoms with E-state index in [0.29, 0.717) is 29.8 Å². The number of nitrogens with one attached hydrogen (secondary N) is 1. The molecule has 0 spiro atoms. The van der Waals surface area contributed by atoms with Gasteiger partial charge in [-0.25, -0.2) is 0 Å². The number of carbonyl (C=O) groups is 1. The molecule has 1 aromatic carbocycles. The molecule has 1 aliphatic rings. The Bertz CT molecular complexity index is 517. The van der Waals surface area contributed by atoms with Crippen LogP contribution in [0.25, 0.3) is 0 Å². The maximum Gasteiger partial charge on any atom is 0.238 e. The van der Waals surface area contributed by atoms with Gasteiger partial charge in [0.15, 0.2) is 0 Å². The minimum atomic E-state index is -0.0876. The van der Waals surface area contributed by atoms with Crippen molar-refractivity contribution in [3.63, 3.8) is 0 Å². The summed E-state index contributed by atoms with van der Waals surface area (Å²) in [5, 5.41) is 12.0. The molecule has 1 aromatic rings. The molecule has 0 aromatic heterocycles. The van der Waals surface area contributed by atoms with Crippen LogP contribution < -0.4 is 11.1 Å². The number of nitrogens with two attached hydrogens (primary N) is 1. The molecule has 21 heavy (non-hydrogen) atoms. The highest BCUT2D eigenvalue weighted by molar-refractivity contribution is 7.80. The van der Waals surface area contributed by atoms with Crippen LogP contribution in [0.15, 0.2) is 24.3 Å². The Labute approximate surface area is 130 Å². The zero-order chi connectivity index (χ0) is 15.2. The first kappa shape index (κ1) is 15.9. The monoisotopic (exact) mass is 307 g/mol. The van der Waals surface area contributed by atoms with Gasteiger partial charge in [0.25, 0.3) is 0 Å². The number of hydrogen-bond donors (Lipinski definition) is 3. The number of nitrogens with zero attached hydrogens (tertiary/aromatic N) is 1. The predicted molar refractivity (Wildman–Crippen MR) is 87.3 cm³/mol. The second kappa shape index (κ2) is 7.49. The van der Waals surface area contributed by atoms with Crippen molar-refractivity contribution in [1.29, 1.82) is 0 Å². The third-order valence-electron chi connectivity index (χ3n) is 3.76. The summed E-state index contributed by atoms with van der Waals surface area (Å²) in [7, 11) is 0. The molecule has 0 heterocycles. The molecule has 0 saturated heterocycles. The fraction of sp³-hybridized carbons (Fsp3) is 0.467. The van der Waals surface area contributed by atoms with E-state index in [1.54, 1.807) is 12.1 Å². The smallest absolute Gasteiger partial charge is 0.238 e. The zero-order valence-electron chi connectivity index (χ0n) is 11.9. The lowest BCUT2D eigenvalue weighted by Gasteiger charge is -2.36. The molecular weight excluding hydrogens is 286 g/mol. The van der Waals surface area contributed by atoms with Crippen molar-refractivity contribution >= 4 is 28.8 Å². The lowest BCUT2D eigenvalue weighted by molar-refractivity contribution is -0.118. The van der Waals surface area contributed by atoms with Gasteiger partial charge in [0.05, 0.1) is 13.2 Å². The van der Waals surface area contributed by atoms with E-state index in [1.165, 1.54) is 6.42 Å². The van der Waals surface area contributed by atoms with E-state index in [1.807, 2.05) is 17.0 Å². The van der Waals surface area contributed by atoms with Crippen LogP contribution in [-0.2, 0) is 4.79 Å². The quantitative estimate of drug-likeness (QED) is 0.658. The standard InChI is InChI=1S/C15H21N3O2S/c16-15(21)11-3-1-4-12(9-11)17-14(20)10-18(7-8-19)13-5-2-6-13/h1,3-4,9,13,19H,2,5-8,10H2,(H2,16,21)(H,17,20). The molecule has 0 unspecified atom stereocenters. The van der Waals surface area contributed by atoms with Crippen LogP contribution in [0, 0.1) is 0 Å². The maximum atomic E-state index is 12.1. The number of aliphatic hydroxyl groups is 1. The molecular formula is C15H21N3O2S. The second-order valence-corrected chi connectivity index (χ2v) is 5.71. The van der Waals surface area contributed by atoms with E-state index in [2.05, 4.69) is 5.32 Å². The van der Waals surface area contributed by atoms with Gasteiger partial charge >= 0.3 is 0 Å². The van der Waals surface area contributed by atoms with Gasteiger partial charge in [0, 0.05) is 23.8 Å². The number of hydrogen-bond acceptors (Lipinski definition) is 4. The summed E-state index contributed by atoms with van der Waals surface area (Å²) in [6, 6.07) is 7.61. The van der Waals surface area contributed by atoms with Gasteiger partial charge in [-0.05, 0) is 25.0 Å². The highest BCUT2D eigenvalue weighted by atomic mass is 32.1. The molecule has 0 radical (unpaired) electrons. The fourth-order valence-electron chi connectivity index (χ4n) is 2.41. The fourth-order valence-corrected chi connectivity index (χ4v) is 2.53. The summed E-state index contributed by atoms with van der Waals surface area (Å²) >= 11 is 4.93. The number of anilines is 1. The summed E-state index contributed by atoms with van der Waals surface area (Å²) in [5.74, 6) is -0.0876. The number of amides is 1. The summed E-state index contributed by atoms with van der Waals surface area (Å²) in [5.41, 5.74) is 7.00. The molecule has 1 aliphatic carbocycles. The molecule has 1 saturated carbocycles. The van der Waals surface area contributed by atoms with Crippen LogP contribution in [0.1, 0.15) is 24.8 Å². The van der Waals surface area contributed by atoms with Crippen LogP contribution in [0.2, 0.25) is 0 Å². The van der Waals surface area contributed by atoms with Crippen LogP contribution in [0.3, 0.4) is 0 Å². The van der Waals surface area contributed by atoms with Gasteiger partial charge in [-0.1, -0.05) is 30.8 Å². The Morgan fingerprint density at radius 1 is 1.48 bits per heavy atom. The van der Waals surface area contributed by atoms with Gasteiger partial charge in [0.1, 0.15) is 4.99 Å². The largest absolute Gasteiger partial charge is 0.395 e. The predicted octanol–water partition coefficient (Wildman–Crippen LogP) is 1.11. The van der Waals surface area contributed by atoms with Crippen LogP contribution in [0.4, 0.5) is 5.69 Å². The van der Waals surface area contributed by atoms with Gasteiger partial charge in [-0.15, -0.1) is 0 Å². The highest BCUT2D eigenvalue weighted by Crippen LogP contribution is 2.24. The van der Waals surface area contributed by atoms with Crippen LogP contribution >= 0.6 is 12.2 Å². The molecule has 2 rings (SSSR count). The Kier molecular flexibility index (Phi) is 5.67. The molecule has 0 aliphatic heterocycles. The average molecular weight is 307 g/mol. The first-order valence-electron chi connectivity index (χ1n) is 7.15. The Morgan fingerprint density at radius 2 is 2.24 bits per heavy atom. The maximum absolute atomic E-state index is 12.1. The minimum Gasteiger partial charge on any atom is -0.395 e. The summed E-state index contributed by atoms with van der Waals surface area (Å²) in [6.45, 7) is 0.897. The van der Waals surface area contributed by atoms with Crippen molar-refractivity contribution < 1.29 is 9.90 Å². The van der Waals surface area contributed by atoms with Crippen molar-refractivity contribution in [2.24, 2.45) is 5.73 Å². The summed E-state index contributed by atoms with van der Waals surface area (Å²) in [4.78, 5) is 14.5. The van der Waals surface area contributed by atoms with Crippen molar-refractivity contribution in [2.45, 2.75) is 25.3 Å². The normalized spacial score (nSPS) is 14.8. The number of thiocarbonyl (C=S) groups is 1. The van der Waals surface area contributed by atoms with Gasteiger partial charge in [-0.2, -0.15) is 0 Å². The number of carbonyl (C=O) groups excluding carboxylic acids is 1. The summed E-state index contributed by atoms with van der Waals surface area (Å²) in [6.07, 6.45) is 3.40. The molecule has 4 N–H and O–H groups in total. The van der Waals surface area contributed by atoms with Gasteiger partial charge < -0.3 is 16.2 Å². The third-order valence-corrected chi connectivity index (χ3v) is 3.99. The molecule has 1 amide bonds. The lowest BCUT2D eigenvalue weighted by atomic mass is 9.91. The minimum absolute atomic E-state index is 0.0701. The molecule has 0 bridgehead atoms. The zero-order valence-corrected chi connectivity index (χ0v) is 12.7. The Balaban J connectivity index is 1.93. The molecule has 114 valence electrons. The van der Waals surface area contributed by atoms with Crippen molar-refractivity contribution in [1.82, 2.24) is 4.90 Å². The SMILES string of the molecule is NC(=S)c1cccc(NC(=O)CN(CCO)C2CCC2)c1. The topological polar surface area (TPSA) is 78.6 Å². The van der Waals surface area contributed by atoms with Crippen LogP contribution in [0.5, 0.6) is 0 Å². The molecule has 0 atom stereocenters. The number of aliphatic hydroxyl groups excluding tert-OH is 1. The Hall–Kier alpha value is -1.50. The van der Waals surface area contributed by atoms with Crippen molar-refractivity contribution in [2.75, 3.05) is 25.0 Å². The third kappa shape index (κ3) is 4.49. The highest BCUT2D eigenvalue weighted by Gasteiger charge is 2.25. The Morgan fingerprint density at radius 3 is 2.81 bits per heavy atom. The van der Waals surface area contributed by atoms with Gasteiger partial charge in [-0.3, -0.25) is 9.69 Å². The summed E-state index contributed by atoms with van der Waals surface area (Å²) < 4.78 is 0. The van der Waals surface area contributed by atoms with E-state index < -0.39 is 0 Å². The molecule has 1 fully saturated rings. The number of benzene rings is 1. The molecule has 5 nitrogen and oxygen atoms in total. The van der Waals surface area contributed by atoms with E-state index in [-0.39, 0.29) is 12.5 Å². The lowest BCUT2D eigenvalue weighted by Crippen LogP contribution is -2.45. The number of rotatable bonds is 7. The van der Waals surface area contributed by atoms with Crippen molar-refractivity contribution in [3.8, 4) is 0 Å². The van der Waals surface area contributed by atoms with Crippen LogP contribution in [-0.4, -0.2) is 46.6 Å². The average Bonchev–Trinajstić information content (AvgIpc) is 2.37. The first-order valence-corrected chi connectivity index (χ1v) is 7.55. The second-order valence-electron chi connectivity index (χ2n) is 5.27.